The van der Waals surface area contributed by atoms with E-state index in [2.05, 4.69) is 72.1 Å². The lowest BCUT2D eigenvalue weighted by Gasteiger charge is -2.29. The maximum atomic E-state index is 3.76. The van der Waals surface area contributed by atoms with E-state index in [9.17, 15) is 0 Å². The molecule has 0 saturated heterocycles. The summed E-state index contributed by atoms with van der Waals surface area (Å²) in [5.74, 6) is 0. The lowest BCUT2D eigenvalue weighted by atomic mass is 9.96. The van der Waals surface area contributed by atoms with E-state index >= 15 is 0 Å². The monoisotopic (exact) mass is 356 g/mol. The molecule has 0 saturated carbocycles. The minimum Gasteiger partial charge on any atom is -0.0928 e. The molecule has 2 atom stereocenters. The molecule has 0 N–H and O–H groups in total. The number of allylic oxidation sites excluding steroid dienone is 4. The Labute approximate surface area is 98.9 Å². The van der Waals surface area contributed by atoms with E-state index in [1.807, 2.05) is 0 Å². The van der Waals surface area contributed by atoms with E-state index in [0.717, 1.165) is 18.2 Å². The van der Waals surface area contributed by atoms with E-state index in [4.69, 9.17) is 0 Å². The third-order valence-corrected chi connectivity index (χ3v) is 5.42. The molecule has 0 fully saturated rings. The first-order valence-electron chi connectivity index (χ1n) is 3.92. The summed E-state index contributed by atoms with van der Waals surface area (Å²) in [7, 11) is 0. The molecule has 0 bridgehead atoms. The summed E-state index contributed by atoms with van der Waals surface area (Å²) in [6.45, 7) is 0. The standard InChI is InChI=1S/C9H11Br3/c10-7-4-8(11)9(12)5-2-1-3-6-9/h1-3,5,8H,4,6-7H2. The van der Waals surface area contributed by atoms with Gasteiger partial charge in [-0.15, -0.1) is 0 Å². The fourth-order valence-corrected chi connectivity index (χ4v) is 3.39. The van der Waals surface area contributed by atoms with Crippen LogP contribution in [0.4, 0.5) is 0 Å². The molecule has 0 aromatic carbocycles. The van der Waals surface area contributed by atoms with Crippen LogP contribution in [0.2, 0.25) is 0 Å². The largest absolute Gasteiger partial charge is 0.0928 e. The summed E-state index contributed by atoms with van der Waals surface area (Å²) < 4.78 is 0.121. The van der Waals surface area contributed by atoms with Crippen LogP contribution in [0.3, 0.4) is 0 Å². The van der Waals surface area contributed by atoms with E-state index < -0.39 is 0 Å². The van der Waals surface area contributed by atoms with Gasteiger partial charge >= 0.3 is 0 Å². The zero-order valence-electron chi connectivity index (χ0n) is 6.64. The van der Waals surface area contributed by atoms with Gasteiger partial charge in [-0.3, -0.25) is 0 Å². The second-order valence-corrected chi connectivity index (χ2v) is 6.24. The molecule has 0 radical (unpaired) electrons. The smallest absolute Gasteiger partial charge is 0.0599 e. The highest BCUT2D eigenvalue weighted by Crippen LogP contribution is 2.37. The maximum Gasteiger partial charge on any atom is 0.0599 e. The van der Waals surface area contributed by atoms with Crippen molar-refractivity contribution >= 4 is 47.8 Å². The van der Waals surface area contributed by atoms with Crippen molar-refractivity contribution < 1.29 is 0 Å². The Bertz CT molecular complexity index is 198. The second-order valence-electron chi connectivity index (χ2n) is 2.86. The third-order valence-electron chi connectivity index (χ3n) is 1.93. The highest BCUT2D eigenvalue weighted by Gasteiger charge is 2.31. The molecule has 0 aromatic heterocycles. The first kappa shape index (κ1) is 11.0. The van der Waals surface area contributed by atoms with Crippen LogP contribution >= 0.6 is 47.8 Å². The number of hydrogen-bond donors (Lipinski definition) is 0. The molecule has 1 aliphatic carbocycles. The Morgan fingerprint density at radius 1 is 1.42 bits per heavy atom. The lowest BCUT2D eigenvalue weighted by Crippen LogP contribution is -2.30. The molecule has 3 heteroatoms. The molecule has 2 unspecified atom stereocenters. The zero-order chi connectivity index (χ0) is 9.03. The predicted octanol–water partition coefficient (Wildman–Crippen LogP) is 4.18. The van der Waals surface area contributed by atoms with Gasteiger partial charge in [0.2, 0.25) is 0 Å². The Balaban J connectivity index is 2.58. The van der Waals surface area contributed by atoms with Crippen LogP contribution < -0.4 is 0 Å². The van der Waals surface area contributed by atoms with Crippen molar-refractivity contribution in [2.24, 2.45) is 0 Å². The minimum absolute atomic E-state index is 0.121. The molecule has 68 valence electrons. The number of hydrogen-bond acceptors (Lipinski definition) is 0. The number of alkyl halides is 3. The maximum absolute atomic E-state index is 3.76. The summed E-state index contributed by atoms with van der Waals surface area (Å²) in [6, 6.07) is 0. The Kier molecular flexibility index (Phi) is 4.55. The van der Waals surface area contributed by atoms with Crippen molar-refractivity contribution in [1.82, 2.24) is 0 Å². The van der Waals surface area contributed by atoms with Crippen LogP contribution in [0.15, 0.2) is 24.3 Å². The van der Waals surface area contributed by atoms with Crippen LogP contribution in [0.1, 0.15) is 12.8 Å². The van der Waals surface area contributed by atoms with Crippen LogP contribution in [-0.2, 0) is 0 Å². The van der Waals surface area contributed by atoms with Gasteiger partial charge in [0.25, 0.3) is 0 Å². The molecule has 0 spiro atoms. The summed E-state index contributed by atoms with van der Waals surface area (Å²) in [5.41, 5.74) is 0. The normalized spacial score (nSPS) is 30.6. The molecular formula is C9H11Br3. The minimum atomic E-state index is 0.121. The number of halogens is 3. The van der Waals surface area contributed by atoms with Gasteiger partial charge in [-0.1, -0.05) is 72.1 Å². The molecule has 0 heterocycles. The van der Waals surface area contributed by atoms with Gasteiger partial charge < -0.3 is 0 Å². The quantitative estimate of drug-likeness (QED) is 0.664. The molecule has 0 aliphatic heterocycles. The van der Waals surface area contributed by atoms with Gasteiger partial charge in [-0.25, -0.2) is 0 Å². The average Bonchev–Trinajstić information content (AvgIpc) is 2.06. The van der Waals surface area contributed by atoms with Crippen LogP contribution in [0.25, 0.3) is 0 Å². The summed E-state index contributed by atoms with van der Waals surface area (Å²) in [4.78, 5) is 0.491. The molecule has 12 heavy (non-hydrogen) atoms. The summed E-state index contributed by atoms with van der Waals surface area (Å²) >= 11 is 10.9. The van der Waals surface area contributed by atoms with Gasteiger partial charge in [0.15, 0.2) is 0 Å². The van der Waals surface area contributed by atoms with Gasteiger partial charge in [-0.05, 0) is 12.8 Å². The van der Waals surface area contributed by atoms with Crippen LogP contribution in [0, 0.1) is 0 Å². The van der Waals surface area contributed by atoms with E-state index in [1.54, 1.807) is 0 Å². The van der Waals surface area contributed by atoms with Crippen LogP contribution in [-0.4, -0.2) is 14.5 Å². The SMILES string of the molecule is BrCCC(Br)C1(Br)C=CC=CC1. The van der Waals surface area contributed by atoms with Gasteiger partial charge in [-0.2, -0.15) is 0 Å². The summed E-state index contributed by atoms with van der Waals surface area (Å²) in [6.07, 6.45) is 10.8. The zero-order valence-corrected chi connectivity index (χ0v) is 11.4. The van der Waals surface area contributed by atoms with Gasteiger partial charge in [0.1, 0.15) is 0 Å². The second kappa shape index (κ2) is 4.97. The fourth-order valence-electron chi connectivity index (χ4n) is 1.18. The highest BCUT2D eigenvalue weighted by molar-refractivity contribution is 9.12. The van der Waals surface area contributed by atoms with Crippen molar-refractivity contribution in [3.05, 3.63) is 24.3 Å². The third kappa shape index (κ3) is 2.71. The molecule has 1 aliphatic rings. The van der Waals surface area contributed by atoms with E-state index in [0.29, 0.717) is 4.83 Å². The van der Waals surface area contributed by atoms with Gasteiger partial charge in [0, 0.05) is 10.2 Å². The van der Waals surface area contributed by atoms with Crippen molar-refractivity contribution in [1.29, 1.82) is 0 Å². The summed E-state index contributed by atoms with van der Waals surface area (Å²) in [5, 5.41) is 1.04. The van der Waals surface area contributed by atoms with Crippen molar-refractivity contribution in [3.63, 3.8) is 0 Å². The van der Waals surface area contributed by atoms with Crippen molar-refractivity contribution in [2.45, 2.75) is 22.0 Å². The average molecular weight is 359 g/mol. The molecule has 0 nitrogen and oxygen atoms in total. The first-order chi connectivity index (χ1) is 5.69. The van der Waals surface area contributed by atoms with E-state index in [1.165, 1.54) is 0 Å². The predicted molar refractivity (Wildman–Crippen MR) is 65.7 cm³/mol. The van der Waals surface area contributed by atoms with Crippen molar-refractivity contribution in [2.75, 3.05) is 5.33 Å². The Hall–Kier alpha value is 0.920. The Morgan fingerprint density at radius 2 is 2.17 bits per heavy atom. The highest BCUT2D eigenvalue weighted by atomic mass is 79.9. The van der Waals surface area contributed by atoms with Crippen LogP contribution in [0.5, 0.6) is 0 Å². The van der Waals surface area contributed by atoms with E-state index in [-0.39, 0.29) is 4.32 Å². The fraction of sp³-hybridized carbons (Fsp3) is 0.556. The van der Waals surface area contributed by atoms with Gasteiger partial charge in [0.05, 0.1) is 4.32 Å². The Morgan fingerprint density at radius 3 is 2.67 bits per heavy atom. The molecule has 1 rings (SSSR count). The van der Waals surface area contributed by atoms with Crippen molar-refractivity contribution in [3.8, 4) is 0 Å². The molecule has 0 amide bonds. The molecule has 0 aromatic rings. The topological polar surface area (TPSA) is 0 Å². The lowest BCUT2D eigenvalue weighted by molar-refractivity contribution is 0.676. The molecular weight excluding hydrogens is 348 g/mol. The first-order valence-corrected chi connectivity index (χ1v) is 6.75. The number of rotatable bonds is 3.